The van der Waals surface area contributed by atoms with Crippen LogP contribution in [0.4, 0.5) is 11.4 Å². The molecular formula is C21H24Cl2N4O2S. The van der Waals surface area contributed by atoms with Gasteiger partial charge >= 0.3 is 0 Å². The van der Waals surface area contributed by atoms with Crippen LogP contribution in [0.15, 0.2) is 36.4 Å². The van der Waals surface area contributed by atoms with Crippen molar-refractivity contribution < 1.29 is 9.53 Å². The van der Waals surface area contributed by atoms with E-state index in [-0.39, 0.29) is 5.11 Å². The van der Waals surface area contributed by atoms with Crippen LogP contribution in [0.25, 0.3) is 0 Å². The van der Waals surface area contributed by atoms with Crippen LogP contribution in [0.1, 0.15) is 17.3 Å². The summed E-state index contributed by atoms with van der Waals surface area (Å²) < 4.78 is 5.24. The van der Waals surface area contributed by atoms with Crippen molar-refractivity contribution in [2.45, 2.75) is 6.92 Å². The van der Waals surface area contributed by atoms with E-state index in [2.05, 4.69) is 27.4 Å². The van der Waals surface area contributed by atoms with E-state index in [1.807, 2.05) is 18.2 Å². The number of ether oxygens (including phenoxy) is 1. The number of benzene rings is 2. The van der Waals surface area contributed by atoms with Crippen LogP contribution in [0.2, 0.25) is 10.0 Å². The Morgan fingerprint density at radius 1 is 1.17 bits per heavy atom. The Hall–Kier alpha value is -2.06. The molecule has 2 aromatic carbocycles. The summed E-state index contributed by atoms with van der Waals surface area (Å²) in [6.45, 7) is 6.86. The topological polar surface area (TPSA) is 56.8 Å². The molecule has 0 aliphatic carbocycles. The van der Waals surface area contributed by atoms with Crippen LogP contribution >= 0.6 is 35.4 Å². The van der Waals surface area contributed by atoms with Crippen molar-refractivity contribution in [3.63, 3.8) is 0 Å². The largest absolute Gasteiger partial charge is 0.496 e. The lowest BCUT2D eigenvalue weighted by molar-refractivity contribution is 0.0975. The highest BCUT2D eigenvalue weighted by Crippen LogP contribution is 2.34. The fraction of sp³-hybridized carbons (Fsp3) is 0.333. The minimum Gasteiger partial charge on any atom is -0.496 e. The van der Waals surface area contributed by atoms with Gasteiger partial charge in [0.25, 0.3) is 5.91 Å². The molecule has 2 aromatic rings. The van der Waals surface area contributed by atoms with Crippen molar-refractivity contribution in [2.24, 2.45) is 0 Å². The van der Waals surface area contributed by atoms with Crippen molar-refractivity contribution in [2.75, 3.05) is 50.1 Å². The number of carbonyl (C=O) groups is 1. The van der Waals surface area contributed by atoms with Crippen molar-refractivity contribution in [3.05, 3.63) is 52.0 Å². The molecule has 2 N–H and O–H groups in total. The van der Waals surface area contributed by atoms with Crippen LogP contribution in [0.5, 0.6) is 5.75 Å². The quantitative estimate of drug-likeness (QED) is 0.641. The number of rotatable bonds is 5. The summed E-state index contributed by atoms with van der Waals surface area (Å²) >= 11 is 17.9. The maximum atomic E-state index is 12.7. The Bertz CT molecular complexity index is 933. The molecule has 30 heavy (non-hydrogen) atoms. The predicted octanol–water partition coefficient (Wildman–Crippen LogP) is 4.27. The fourth-order valence-electron chi connectivity index (χ4n) is 3.41. The van der Waals surface area contributed by atoms with Crippen molar-refractivity contribution in [3.8, 4) is 5.75 Å². The van der Waals surface area contributed by atoms with E-state index in [4.69, 9.17) is 40.2 Å². The summed E-state index contributed by atoms with van der Waals surface area (Å²) in [6.07, 6.45) is 0. The van der Waals surface area contributed by atoms with E-state index in [1.165, 1.54) is 13.2 Å². The highest BCUT2D eigenvalue weighted by atomic mass is 35.5. The Morgan fingerprint density at radius 2 is 1.90 bits per heavy atom. The summed E-state index contributed by atoms with van der Waals surface area (Å²) in [6, 6.07) is 10.4. The smallest absolute Gasteiger partial charge is 0.261 e. The van der Waals surface area contributed by atoms with Gasteiger partial charge in [0.15, 0.2) is 5.11 Å². The van der Waals surface area contributed by atoms with Crippen LogP contribution in [-0.4, -0.2) is 55.8 Å². The zero-order chi connectivity index (χ0) is 21.7. The van der Waals surface area contributed by atoms with E-state index >= 15 is 0 Å². The first kappa shape index (κ1) is 22.6. The highest BCUT2D eigenvalue weighted by Gasteiger charge is 2.21. The van der Waals surface area contributed by atoms with Gasteiger partial charge in [0.1, 0.15) is 5.75 Å². The first-order valence-corrected chi connectivity index (χ1v) is 10.8. The van der Waals surface area contributed by atoms with E-state index < -0.39 is 5.91 Å². The third-order valence-corrected chi connectivity index (χ3v) is 5.75. The molecular weight excluding hydrogens is 443 g/mol. The molecule has 1 aliphatic rings. The number of likely N-dealkylation sites (N-methyl/N-ethyl adjacent to an activating group) is 1. The first-order chi connectivity index (χ1) is 14.4. The maximum Gasteiger partial charge on any atom is 0.261 e. The maximum absolute atomic E-state index is 12.7. The molecule has 3 rings (SSSR count). The summed E-state index contributed by atoms with van der Waals surface area (Å²) in [5.74, 6) is 0.00364. The Kier molecular flexibility index (Phi) is 7.77. The zero-order valence-corrected chi connectivity index (χ0v) is 19.2. The van der Waals surface area contributed by atoms with E-state index in [0.29, 0.717) is 21.4 Å². The van der Waals surface area contributed by atoms with E-state index in [1.54, 1.807) is 12.1 Å². The number of nitrogens with zero attached hydrogens (tertiary/aromatic N) is 2. The van der Waals surface area contributed by atoms with Gasteiger partial charge in [-0.05, 0) is 49.1 Å². The molecule has 0 unspecified atom stereocenters. The van der Waals surface area contributed by atoms with Crippen LogP contribution in [0, 0.1) is 0 Å². The number of hydrogen-bond donors (Lipinski definition) is 2. The SMILES string of the molecule is CCN1CCN(c2c(Cl)cccc2NC(=S)NC(=O)c2cc(Cl)ccc2OC)CC1. The second-order valence-electron chi connectivity index (χ2n) is 6.81. The number of methoxy groups -OCH3 is 1. The second-order valence-corrected chi connectivity index (χ2v) is 8.06. The number of nitrogens with one attached hydrogen (secondary N) is 2. The molecule has 0 radical (unpaired) electrons. The van der Waals surface area contributed by atoms with Gasteiger partial charge in [-0.2, -0.15) is 0 Å². The van der Waals surface area contributed by atoms with Gasteiger partial charge in [-0.25, -0.2) is 0 Å². The van der Waals surface area contributed by atoms with Crippen molar-refractivity contribution in [1.29, 1.82) is 0 Å². The van der Waals surface area contributed by atoms with Crippen LogP contribution < -0.4 is 20.3 Å². The van der Waals surface area contributed by atoms with Gasteiger partial charge < -0.3 is 19.9 Å². The number of piperazine rings is 1. The van der Waals surface area contributed by atoms with Crippen LogP contribution in [-0.2, 0) is 0 Å². The van der Waals surface area contributed by atoms with Gasteiger partial charge in [-0.3, -0.25) is 10.1 Å². The summed E-state index contributed by atoms with van der Waals surface area (Å²) in [5.41, 5.74) is 1.93. The molecule has 1 aliphatic heterocycles. The Labute approximate surface area is 192 Å². The fourth-order valence-corrected chi connectivity index (χ4v) is 4.08. The molecule has 1 fully saturated rings. The molecule has 9 heteroatoms. The molecule has 0 bridgehead atoms. The molecule has 0 aromatic heterocycles. The van der Waals surface area contributed by atoms with Crippen LogP contribution in [0.3, 0.4) is 0 Å². The minimum absolute atomic E-state index is 0.165. The Balaban J connectivity index is 1.74. The lowest BCUT2D eigenvalue weighted by Gasteiger charge is -2.37. The zero-order valence-electron chi connectivity index (χ0n) is 16.9. The highest BCUT2D eigenvalue weighted by molar-refractivity contribution is 7.80. The van der Waals surface area contributed by atoms with Crippen molar-refractivity contribution in [1.82, 2.24) is 10.2 Å². The van der Waals surface area contributed by atoms with Gasteiger partial charge in [-0.1, -0.05) is 36.2 Å². The van der Waals surface area contributed by atoms with E-state index in [9.17, 15) is 4.79 Å². The lowest BCUT2D eigenvalue weighted by atomic mass is 10.2. The number of halogens is 2. The third kappa shape index (κ3) is 5.35. The molecule has 6 nitrogen and oxygen atoms in total. The predicted molar refractivity (Wildman–Crippen MR) is 127 cm³/mol. The summed E-state index contributed by atoms with van der Waals surface area (Å²) in [4.78, 5) is 17.3. The van der Waals surface area contributed by atoms with Gasteiger partial charge in [-0.15, -0.1) is 0 Å². The molecule has 0 atom stereocenters. The first-order valence-electron chi connectivity index (χ1n) is 9.64. The number of hydrogen-bond acceptors (Lipinski definition) is 5. The molecule has 160 valence electrons. The standard InChI is InChI=1S/C21H24Cl2N4O2S/c1-3-26-9-11-27(12-10-26)19-16(23)5-4-6-17(19)24-21(30)25-20(28)15-13-14(22)7-8-18(15)29-2/h4-8,13H,3,9-12H2,1-2H3,(H2,24,25,28,30). The average Bonchev–Trinajstić information content (AvgIpc) is 2.74. The Morgan fingerprint density at radius 3 is 2.57 bits per heavy atom. The lowest BCUT2D eigenvalue weighted by Crippen LogP contribution is -2.46. The number of thiocarbonyl (C=S) groups is 1. The number of para-hydroxylation sites is 1. The second kappa shape index (κ2) is 10.3. The van der Waals surface area contributed by atoms with E-state index in [0.717, 1.165) is 44.1 Å². The number of carbonyl (C=O) groups excluding carboxylic acids is 1. The van der Waals surface area contributed by atoms with Gasteiger partial charge in [0.2, 0.25) is 0 Å². The number of anilines is 2. The molecule has 1 amide bonds. The van der Waals surface area contributed by atoms with Crippen molar-refractivity contribution >= 4 is 57.8 Å². The molecule has 1 heterocycles. The number of amides is 1. The minimum atomic E-state index is -0.410. The summed E-state index contributed by atoms with van der Waals surface area (Å²) in [7, 11) is 1.49. The summed E-state index contributed by atoms with van der Waals surface area (Å²) in [5, 5.41) is 7.03. The third-order valence-electron chi connectivity index (χ3n) is 5.00. The normalized spacial score (nSPS) is 14.3. The molecule has 1 saturated heterocycles. The molecule has 0 saturated carbocycles. The average molecular weight is 467 g/mol. The van der Waals surface area contributed by atoms with Gasteiger partial charge in [0, 0.05) is 31.2 Å². The monoisotopic (exact) mass is 466 g/mol. The van der Waals surface area contributed by atoms with Gasteiger partial charge in [0.05, 0.1) is 29.1 Å². The molecule has 0 spiro atoms.